The number of ether oxygens (including phenoxy) is 1. The molecule has 1 aromatic carbocycles. The first-order valence-corrected chi connectivity index (χ1v) is 4.47. The molecule has 0 unspecified atom stereocenters. The lowest BCUT2D eigenvalue weighted by Gasteiger charge is -2.08. The van der Waals surface area contributed by atoms with Crippen molar-refractivity contribution in [1.29, 1.82) is 0 Å². The summed E-state index contributed by atoms with van der Waals surface area (Å²) < 4.78 is 4.77. The number of carboxylic acids is 1. The van der Waals surface area contributed by atoms with Crippen LogP contribution < -0.4 is 0 Å². The average molecular weight is 208 g/mol. The SMILES string of the molecule is CC(=O)OCc1cccc(C)c1C(=O)O. The number of rotatable bonds is 3. The Hall–Kier alpha value is -1.84. The van der Waals surface area contributed by atoms with Crippen LogP contribution in [-0.4, -0.2) is 17.0 Å². The predicted molar refractivity (Wildman–Crippen MR) is 53.6 cm³/mol. The lowest BCUT2D eigenvalue weighted by Crippen LogP contribution is -2.08. The van der Waals surface area contributed by atoms with Crippen LogP contribution in [0.4, 0.5) is 0 Å². The highest BCUT2D eigenvalue weighted by molar-refractivity contribution is 5.91. The van der Waals surface area contributed by atoms with Gasteiger partial charge < -0.3 is 9.84 Å². The zero-order valence-electron chi connectivity index (χ0n) is 8.61. The van der Waals surface area contributed by atoms with E-state index in [-0.39, 0.29) is 12.2 Å². The van der Waals surface area contributed by atoms with Crippen LogP contribution in [0.1, 0.15) is 28.4 Å². The van der Waals surface area contributed by atoms with Gasteiger partial charge in [0.05, 0.1) is 5.56 Å². The van der Waals surface area contributed by atoms with E-state index in [1.54, 1.807) is 25.1 Å². The van der Waals surface area contributed by atoms with Gasteiger partial charge in [0.15, 0.2) is 0 Å². The topological polar surface area (TPSA) is 63.6 Å². The summed E-state index contributed by atoms with van der Waals surface area (Å²) in [5.74, 6) is -1.43. The number of aryl methyl sites for hydroxylation is 1. The molecular formula is C11H12O4. The fraction of sp³-hybridized carbons (Fsp3) is 0.273. The first-order chi connectivity index (χ1) is 7.02. The summed E-state index contributed by atoms with van der Waals surface area (Å²) in [5, 5.41) is 8.97. The van der Waals surface area contributed by atoms with Crippen molar-refractivity contribution in [3.63, 3.8) is 0 Å². The molecule has 0 aliphatic rings. The average Bonchev–Trinajstić information content (AvgIpc) is 2.13. The van der Waals surface area contributed by atoms with E-state index in [1.165, 1.54) is 6.92 Å². The molecule has 0 radical (unpaired) electrons. The van der Waals surface area contributed by atoms with Gasteiger partial charge in [0.1, 0.15) is 6.61 Å². The quantitative estimate of drug-likeness (QED) is 0.768. The summed E-state index contributed by atoms with van der Waals surface area (Å²) in [6.45, 7) is 3.00. The fourth-order valence-electron chi connectivity index (χ4n) is 1.33. The number of esters is 1. The van der Waals surface area contributed by atoms with Gasteiger partial charge in [-0.2, -0.15) is 0 Å². The number of carboxylic acid groups (broad SMARTS) is 1. The van der Waals surface area contributed by atoms with Crippen LogP contribution in [0.2, 0.25) is 0 Å². The third-order valence-corrected chi connectivity index (χ3v) is 2.00. The summed E-state index contributed by atoms with van der Waals surface area (Å²) in [6.07, 6.45) is 0. The van der Waals surface area contributed by atoms with Gasteiger partial charge >= 0.3 is 11.9 Å². The van der Waals surface area contributed by atoms with E-state index >= 15 is 0 Å². The van der Waals surface area contributed by atoms with Gasteiger partial charge in [-0.15, -0.1) is 0 Å². The molecule has 1 aromatic rings. The monoisotopic (exact) mass is 208 g/mol. The molecular weight excluding hydrogens is 196 g/mol. The van der Waals surface area contributed by atoms with E-state index < -0.39 is 11.9 Å². The van der Waals surface area contributed by atoms with Gasteiger partial charge in [0, 0.05) is 12.5 Å². The Labute approximate surface area is 87.5 Å². The number of hydrogen-bond donors (Lipinski definition) is 1. The number of hydrogen-bond acceptors (Lipinski definition) is 3. The van der Waals surface area contributed by atoms with Gasteiger partial charge in [-0.05, 0) is 12.5 Å². The summed E-state index contributed by atoms with van der Waals surface area (Å²) >= 11 is 0. The van der Waals surface area contributed by atoms with E-state index in [0.717, 1.165) is 0 Å². The Kier molecular flexibility index (Phi) is 3.44. The van der Waals surface area contributed by atoms with E-state index in [2.05, 4.69) is 0 Å². The van der Waals surface area contributed by atoms with Gasteiger partial charge in [0.2, 0.25) is 0 Å². The van der Waals surface area contributed by atoms with Crippen LogP contribution >= 0.6 is 0 Å². The lowest BCUT2D eigenvalue weighted by atomic mass is 10.0. The zero-order valence-corrected chi connectivity index (χ0v) is 8.61. The van der Waals surface area contributed by atoms with Gasteiger partial charge in [0.25, 0.3) is 0 Å². The molecule has 0 spiro atoms. The van der Waals surface area contributed by atoms with Crippen LogP contribution in [0.3, 0.4) is 0 Å². The minimum absolute atomic E-state index is 0.00134. The highest BCUT2D eigenvalue weighted by Gasteiger charge is 2.13. The van der Waals surface area contributed by atoms with E-state index in [1.807, 2.05) is 0 Å². The van der Waals surface area contributed by atoms with Gasteiger partial charge in [-0.3, -0.25) is 4.79 Å². The number of carbonyl (C=O) groups excluding carboxylic acids is 1. The Balaban J connectivity index is 3.01. The lowest BCUT2D eigenvalue weighted by molar-refractivity contribution is -0.142. The van der Waals surface area contributed by atoms with E-state index in [0.29, 0.717) is 11.1 Å². The second kappa shape index (κ2) is 4.59. The highest BCUT2D eigenvalue weighted by Crippen LogP contribution is 2.15. The molecule has 1 rings (SSSR count). The zero-order chi connectivity index (χ0) is 11.4. The summed E-state index contributed by atoms with van der Waals surface area (Å²) in [4.78, 5) is 21.6. The third kappa shape index (κ3) is 2.80. The largest absolute Gasteiger partial charge is 0.478 e. The maximum absolute atomic E-state index is 10.9. The molecule has 0 aromatic heterocycles. The van der Waals surface area contributed by atoms with Gasteiger partial charge in [-0.25, -0.2) is 4.79 Å². The molecule has 0 amide bonds. The minimum atomic E-state index is -1.00. The van der Waals surface area contributed by atoms with Crippen molar-refractivity contribution in [3.8, 4) is 0 Å². The Bertz CT molecular complexity index is 396. The maximum Gasteiger partial charge on any atom is 0.336 e. The molecule has 80 valence electrons. The normalized spacial score (nSPS) is 9.73. The first kappa shape index (κ1) is 11.2. The Morgan fingerprint density at radius 2 is 2.07 bits per heavy atom. The van der Waals surface area contributed by atoms with Crippen molar-refractivity contribution in [2.75, 3.05) is 0 Å². The summed E-state index contributed by atoms with van der Waals surface area (Å²) in [6, 6.07) is 5.08. The molecule has 0 atom stereocenters. The molecule has 0 saturated carbocycles. The van der Waals surface area contributed by atoms with Crippen molar-refractivity contribution in [2.45, 2.75) is 20.5 Å². The van der Waals surface area contributed by atoms with Crippen LogP contribution in [0.25, 0.3) is 0 Å². The molecule has 0 aliphatic carbocycles. The first-order valence-electron chi connectivity index (χ1n) is 4.47. The standard InChI is InChI=1S/C11H12O4/c1-7-4-3-5-9(6-15-8(2)12)10(7)11(13)14/h3-5H,6H2,1-2H3,(H,13,14). The molecule has 15 heavy (non-hydrogen) atoms. The number of benzene rings is 1. The highest BCUT2D eigenvalue weighted by atomic mass is 16.5. The Morgan fingerprint density at radius 3 is 2.60 bits per heavy atom. The van der Waals surface area contributed by atoms with E-state index in [4.69, 9.17) is 9.84 Å². The second-order valence-electron chi connectivity index (χ2n) is 3.19. The number of aromatic carboxylic acids is 1. The van der Waals surface area contributed by atoms with Crippen molar-refractivity contribution in [3.05, 3.63) is 34.9 Å². The summed E-state index contributed by atoms with van der Waals surface area (Å²) in [7, 11) is 0. The fourth-order valence-corrected chi connectivity index (χ4v) is 1.33. The molecule has 1 N–H and O–H groups in total. The van der Waals surface area contributed by atoms with Crippen LogP contribution in [0.5, 0.6) is 0 Å². The molecule has 0 fully saturated rings. The Morgan fingerprint density at radius 1 is 1.40 bits per heavy atom. The van der Waals surface area contributed by atoms with Crippen LogP contribution in [0.15, 0.2) is 18.2 Å². The number of carbonyl (C=O) groups is 2. The minimum Gasteiger partial charge on any atom is -0.478 e. The molecule has 0 heterocycles. The molecule has 0 saturated heterocycles. The third-order valence-electron chi connectivity index (χ3n) is 2.00. The predicted octanol–water partition coefficient (Wildman–Crippen LogP) is 1.76. The molecule has 0 bridgehead atoms. The van der Waals surface area contributed by atoms with Crippen molar-refractivity contribution < 1.29 is 19.4 Å². The molecule has 4 nitrogen and oxygen atoms in total. The molecule has 4 heteroatoms. The van der Waals surface area contributed by atoms with Gasteiger partial charge in [-0.1, -0.05) is 18.2 Å². The summed E-state index contributed by atoms with van der Waals surface area (Å²) in [5.41, 5.74) is 1.38. The second-order valence-corrected chi connectivity index (χ2v) is 3.19. The maximum atomic E-state index is 10.9. The van der Waals surface area contributed by atoms with Crippen LogP contribution in [-0.2, 0) is 16.1 Å². The van der Waals surface area contributed by atoms with E-state index in [9.17, 15) is 9.59 Å². The smallest absolute Gasteiger partial charge is 0.336 e. The molecule has 0 aliphatic heterocycles. The van der Waals surface area contributed by atoms with Crippen molar-refractivity contribution in [1.82, 2.24) is 0 Å². The van der Waals surface area contributed by atoms with Crippen LogP contribution in [0, 0.1) is 6.92 Å². The van der Waals surface area contributed by atoms with Crippen molar-refractivity contribution >= 4 is 11.9 Å². The van der Waals surface area contributed by atoms with Crippen molar-refractivity contribution in [2.24, 2.45) is 0 Å².